The Morgan fingerprint density at radius 3 is 2.56 bits per heavy atom. The van der Waals surface area contributed by atoms with Crippen molar-refractivity contribution in [2.75, 3.05) is 0 Å². The van der Waals surface area contributed by atoms with E-state index in [1.54, 1.807) is 6.07 Å². The number of nitrogens with one attached hydrogen (secondary N) is 1. The molecule has 5 rings (SSSR count). The topological polar surface area (TPSA) is 52.5 Å². The third-order valence-electron chi connectivity index (χ3n) is 11.8. The fraction of sp³-hybridized carbons (Fsp3) is 0.806. The summed E-state index contributed by atoms with van der Waals surface area (Å²) >= 11 is 0. The average Bonchev–Trinajstić information content (AvgIpc) is 3.16. The Hall–Kier alpha value is -1.06. The van der Waals surface area contributed by atoms with Crippen LogP contribution >= 0.6 is 0 Å². The first-order chi connectivity index (χ1) is 16.3. The SMILES string of the molecule is CCC[C@@H](C)[C@H]1CC[C@H]2[C@@H]3CCC4C[C@H](O)[C@H](NCc5ccccc5O)C[C@]4(C)[C@H]3CC[C@]12C. The molecule has 3 nitrogen and oxygen atoms in total. The van der Waals surface area contributed by atoms with Crippen molar-refractivity contribution in [2.24, 2.45) is 46.3 Å². The molecule has 0 aromatic heterocycles. The highest BCUT2D eigenvalue weighted by atomic mass is 16.3. The van der Waals surface area contributed by atoms with Crippen molar-refractivity contribution in [3.8, 4) is 5.75 Å². The summed E-state index contributed by atoms with van der Waals surface area (Å²) in [6.07, 6.45) is 12.9. The minimum Gasteiger partial charge on any atom is -0.508 e. The van der Waals surface area contributed by atoms with E-state index in [0.29, 0.717) is 29.0 Å². The van der Waals surface area contributed by atoms with Gasteiger partial charge in [0.05, 0.1) is 6.10 Å². The van der Waals surface area contributed by atoms with E-state index in [1.807, 2.05) is 18.2 Å². The van der Waals surface area contributed by atoms with Crippen molar-refractivity contribution in [3.63, 3.8) is 0 Å². The van der Waals surface area contributed by atoms with Crippen molar-refractivity contribution >= 4 is 0 Å². The minimum absolute atomic E-state index is 0.119. The number of benzene rings is 1. The Kier molecular flexibility index (Phi) is 6.83. The highest BCUT2D eigenvalue weighted by Crippen LogP contribution is 2.68. The molecule has 3 N–H and O–H groups in total. The van der Waals surface area contributed by atoms with Gasteiger partial charge >= 0.3 is 0 Å². The number of aliphatic hydroxyl groups is 1. The van der Waals surface area contributed by atoms with Gasteiger partial charge in [0.2, 0.25) is 0 Å². The second-order valence-corrected chi connectivity index (χ2v) is 13.3. The Bertz CT molecular complexity index is 856. The molecule has 0 amide bonds. The highest BCUT2D eigenvalue weighted by molar-refractivity contribution is 5.31. The van der Waals surface area contributed by atoms with Crippen molar-refractivity contribution in [1.82, 2.24) is 5.32 Å². The molecule has 1 unspecified atom stereocenters. The standard InChI is InChI=1S/C31H49NO2/c1-5-8-20(2)24-13-14-25-23-12-11-22-17-29(34)27(32-19-21-9-6-7-10-28(21)33)18-31(22,4)26(23)15-16-30(24,25)3/h6-7,9-10,20,22-27,29,32-34H,5,8,11-19H2,1-4H3/t20-,22?,23+,24-,25+,26+,27-,29+,30-,31+/m1/s1. The predicted octanol–water partition coefficient (Wildman–Crippen LogP) is 6.92. The van der Waals surface area contributed by atoms with Crippen LogP contribution in [0.3, 0.4) is 0 Å². The number of hydrogen-bond donors (Lipinski definition) is 3. The fourth-order valence-electron chi connectivity index (χ4n) is 10.0. The summed E-state index contributed by atoms with van der Waals surface area (Å²) in [7, 11) is 0. The van der Waals surface area contributed by atoms with E-state index >= 15 is 0 Å². The zero-order valence-electron chi connectivity index (χ0n) is 22.1. The monoisotopic (exact) mass is 467 g/mol. The van der Waals surface area contributed by atoms with Gasteiger partial charge in [0, 0.05) is 18.2 Å². The quantitative estimate of drug-likeness (QED) is 0.426. The van der Waals surface area contributed by atoms with E-state index in [0.717, 1.165) is 48.0 Å². The molecule has 0 bridgehead atoms. The molecule has 34 heavy (non-hydrogen) atoms. The fourth-order valence-corrected chi connectivity index (χ4v) is 10.0. The van der Waals surface area contributed by atoms with Gasteiger partial charge in [-0.15, -0.1) is 0 Å². The summed E-state index contributed by atoms with van der Waals surface area (Å²) in [6, 6.07) is 7.71. The van der Waals surface area contributed by atoms with Crippen LogP contribution in [0.5, 0.6) is 5.75 Å². The zero-order chi connectivity index (χ0) is 24.1. The number of hydrogen-bond acceptors (Lipinski definition) is 3. The molecule has 0 radical (unpaired) electrons. The highest BCUT2D eigenvalue weighted by Gasteiger charge is 2.61. The van der Waals surface area contributed by atoms with Crippen LogP contribution in [-0.4, -0.2) is 22.4 Å². The molecule has 190 valence electrons. The average molecular weight is 468 g/mol. The first-order valence-electron chi connectivity index (χ1n) is 14.5. The maximum Gasteiger partial charge on any atom is 0.120 e. The summed E-state index contributed by atoms with van der Waals surface area (Å²) < 4.78 is 0. The van der Waals surface area contributed by atoms with Gasteiger partial charge in [0.15, 0.2) is 0 Å². The Balaban J connectivity index is 1.32. The number of phenols is 1. The molecule has 0 heterocycles. The molecular weight excluding hydrogens is 418 g/mol. The normalized spacial score (nSPS) is 44.7. The van der Waals surface area contributed by atoms with E-state index < -0.39 is 0 Å². The van der Waals surface area contributed by atoms with Crippen LogP contribution in [-0.2, 0) is 6.54 Å². The summed E-state index contributed by atoms with van der Waals surface area (Å²) in [4.78, 5) is 0. The van der Waals surface area contributed by atoms with Crippen LogP contribution in [0.25, 0.3) is 0 Å². The number of para-hydroxylation sites is 1. The van der Waals surface area contributed by atoms with Gasteiger partial charge < -0.3 is 15.5 Å². The predicted molar refractivity (Wildman–Crippen MR) is 139 cm³/mol. The van der Waals surface area contributed by atoms with Gasteiger partial charge in [-0.05, 0) is 104 Å². The molecule has 4 aliphatic rings. The van der Waals surface area contributed by atoms with E-state index in [2.05, 4.69) is 33.0 Å². The van der Waals surface area contributed by atoms with Crippen molar-refractivity contribution in [2.45, 2.75) is 111 Å². The Morgan fingerprint density at radius 2 is 1.79 bits per heavy atom. The Labute approximate surface area is 208 Å². The molecule has 0 aliphatic heterocycles. The third kappa shape index (κ3) is 4.03. The molecule has 0 saturated heterocycles. The Morgan fingerprint density at radius 1 is 1.03 bits per heavy atom. The summed E-state index contributed by atoms with van der Waals surface area (Å²) in [5.74, 6) is 5.41. The second-order valence-electron chi connectivity index (χ2n) is 13.3. The van der Waals surface area contributed by atoms with Crippen LogP contribution < -0.4 is 5.32 Å². The smallest absolute Gasteiger partial charge is 0.120 e. The van der Waals surface area contributed by atoms with Crippen LogP contribution in [0, 0.1) is 46.3 Å². The molecule has 3 heteroatoms. The number of rotatable bonds is 6. The number of fused-ring (bicyclic) bond motifs is 5. The maximum atomic E-state index is 11.1. The molecule has 10 atom stereocenters. The van der Waals surface area contributed by atoms with E-state index in [9.17, 15) is 10.2 Å². The minimum atomic E-state index is -0.278. The molecular formula is C31H49NO2. The first kappa shape index (κ1) is 24.6. The van der Waals surface area contributed by atoms with Crippen molar-refractivity contribution in [1.29, 1.82) is 0 Å². The van der Waals surface area contributed by atoms with Gasteiger partial charge in [-0.3, -0.25) is 0 Å². The van der Waals surface area contributed by atoms with Crippen LogP contribution in [0.2, 0.25) is 0 Å². The van der Waals surface area contributed by atoms with E-state index in [-0.39, 0.29) is 12.1 Å². The lowest BCUT2D eigenvalue weighted by Gasteiger charge is -2.62. The van der Waals surface area contributed by atoms with Crippen molar-refractivity contribution < 1.29 is 10.2 Å². The van der Waals surface area contributed by atoms with E-state index in [1.165, 1.54) is 51.4 Å². The molecule has 4 aliphatic carbocycles. The maximum absolute atomic E-state index is 11.1. The summed E-state index contributed by atoms with van der Waals surface area (Å²) in [5, 5.41) is 24.9. The molecule has 0 spiro atoms. The van der Waals surface area contributed by atoms with Gasteiger partial charge in [-0.1, -0.05) is 58.7 Å². The van der Waals surface area contributed by atoms with Gasteiger partial charge in [-0.25, -0.2) is 0 Å². The number of aromatic hydroxyl groups is 1. The summed E-state index contributed by atoms with van der Waals surface area (Å²) in [5.41, 5.74) is 1.80. The zero-order valence-corrected chi connectivity index (χ0v) is 22.1. The van der Waals surface area contributed by atoms with Crippen LogP contribution in [0.1, 0.15) is 97.5 Å². The number of phenolic OH excluding ortho intramolecular Hbond substituents is 1. The number of aliphatic hydroxyl groups excluding tert-OH is 1. The van der Waals surface area contributed by atoms with Crippen molar-refractivity contribution in [3.05, 3.63) is 29.8 Å². The molecule has 4 fully saturated rings. The third-order valence-corrected chi connectivity index (χ3v) is 11.8. The molecule has 4 saturated carbocycles. The first-order valence-corrected chi connectivity index (χ1v) is 14.5. The van der Waals surface area contributed by atoms with Crippen LogP contribution in [0.4, 0.5) is 0 Å². The molecule has 1 aromatic rings. The molecule has 1 aromatic carbocycles. The lowest BCUT2D eigenvalue weighted by atomic mass is 9.44. The summed E-state index contributed by atoms with van der Waals surface area (Å²) in [6.45, 7) is 10.8. The largest absolute Gasteiger partial charge is 0.508 e. The van der Waals surface area contributed by atoms with Gasteiger partial charge in [0.25, 0.3) is 0 Å². The van der Waals surface area contributed by atoms with Gasteiger partial charge in [-0.2, -0.15) is 0 Å². The van der Waals surface area contributed by atoms with Crippen LogP contribution in [0.15, 0.2) is 24.3 Å². The second kappa shape index (κ2) is 9.43. The van der Waals surface area contributed by atoms with Gasteiger partial charge in [0.1, 0.15) is 5.75 Å². The lowest BCUT2D eigenvalue weighted by molar-refractivity contribution is -0.137. The lowest BCUT2D eigenvalue weighted by Crippen LogP contribution is -2.59. The van der Waals surface area contributed by atoms with E-state index in [4.69, 9.17) is 0 Å².